The highest BCUT2D eigenvalue weighted by molar-refractivity contribution is 7.99. The number of nitrogens with two attached hydrogens (primary N) is 1. The van der Waals surface area contributed by atoms with E-state index in [-0.39, 0.29) is 11.5 Å². The molecule has 1 aliphatic heterocycles. The molecule has 1 aliphatic rings. The van der Waals surface area contributed by atoms with Crippen LogP contribution in [0.15, 0.2) is 0 Å². The van der Waals surface area contributed by atoms with Crippen LogP contribution in [0, 0.1) is 0 Å². The molecule has 5 nitrogen and oxygen atoms in total. The molecular weight excluding hydrogens is 234 g/mol. The van der Waals surface area contributed by atoms with Crippen molar-refractivity contribution in [1.82, 2.24) is 10.2 Å². The van der Waals surface area contributed by atoms with Gasteiger partial charge < -0.3 is 16.0 Å². The van der Waals surface area contributed by atoms with Crippen LogP contribution in [0.25, 0.3) is 0 Å². The maximum Gasteiger partial charge on any atom is 0.311 e. The topological polar surface area (TPSA) is 75.4 Å². The van der Waals surface area contributed by atoms with Crippen LogP contribution in [-0.2, 0) is 9.59 Å². The normalized spacial score (nSPS) is 15.9. The first-order chi connectivity index (χ1) is 7.11. The van der Waals surface area contributed by atoms with E-state index in [1.165, 1.54) is 0 Å². The number of thioether (sulfide) groups is 1. The standard InChI is InChI=1S/C8H13N3O2S2/c9-6(14)5-10-7(12)8(13)11-1-3-15-4-2-11/h1-5H2,(H2,9,14)(H,10,12). The van der Waals surface area contributed by atoms with Gasteiger partial charge in [0.05, 0.1) is 11.5 Å². The second kappa shape index (κ2) is 5.92. The van der Waals surface area contributed by atoms with Crippen molar-refractivity contribution in [3.05, 3.63) is 0 Å². The molecule has 84 valence electrons. The Bertz CT molecular complexity index is 277. The molecule has 0 spiro atoms. The molecule has 15 heavy (non-hydrogen) atoms. The number of nitrogens with zero attached hydrogens (tertiary/aromatic N) is 1. The quantitative estimate of drug-likeness (QED) is 0.482. The molecule has 0 atom stereocenters. The van der Waals surface area contributed by atoms with Crippen molar-refractivity contribution in [3.63, 3.8) is 0 Å². The lowest BCUT2D eigenvalue weighted by molar-refractivity contribution is -0.145. The van der Waals surface area contributed by atoms with Gasteiger partial charge in [0.1, 0.15) is 0 Å². The van der Waals surface area contributed by atoms with Crippen molar-refractivity contribution in [2.24, 2.45) is 5.73 Å². The Kier molecular flexibility index (Phi) is 4.83. The lowest BCUT2D eigenvalue weighted by Gasteiger charge is -2.25. The summed E-state index contributed by atoms with van der Waals surface area (Å²) in [6.45, 7) is 1.33. The first-order valence-corrected chi connectivity index (χ1v) is 6.10. The first-order valence-electron chi connectivity index (χ1n) is 4.54. The summed E-state index contributed by atoms with van der Waals surface area (Å²) in [5.41, 5.74) is 5.21. The minimum Gasteiger partial charge on any atom is -0.392 e. The lowest BCUT2D eigenvalue weighted by atomic mass is 10.4. The zero-order chi connectivity index (χ0) is 11.3. The Morgan fingerprint density at radius 1 is 1.40 bits per heavy atom. The van der Waals surface area contributed by atoms with Crippen LogP contribution in [0.4, 0.5) is 0 Å². The first kappa shape index (κ1) is 12.3. The number of nitrogens with one attached hydrogen (secondary N) is 1. The predicted molar refractivity (Wildman–Crippen MR) is 63.7 cm³/mol. The fraction of sp³-hybridized carbons (Fsp3) is 0.625. The van der Waals surface area contributed by atoms with Crippen LogP contribution in [0.3, 0.4) is 0 Å². The van der Waals surface area contributed by atoms with E-state index >= 15 is 0 Å². The van der Waals surface area contributed by atoms with Crippen LogP contribution in [-0.4, -0.2) is 52.8 Å². The Morgan fingerprint density at radius 2 is 2.00 bits per heavy atom. The van der Waals surface area contributed by atoms with E-state index in [1.807, 2.05) is 0 Å². The van der Waals surface area contributed by atoms with E-state index in [0.717, 1.165) is 11.5 Å². The Balaban J connectivity index is 2.37. The van der Waals surface area contributed by atoms with Gasteiger partial charge in [0, 0.05) is 24.6 Å². The largest absolute Gasteiger partial charge is 0.392 e. The molecule has 1 heterocycles. The molecule has 0 aromatic rings. The highest BCUT2D eigenvalue weighted by Gasteiger charge is 2.22. The molecule has 0 saturated carbocycles. The Labute approximate surface area is 97.7 Å². The van der Waals surface area contributed by atoms with E-state index in [0.29, 0.717) is 13.1 Å². The number of rotatable bonds is 2. The third-order valence-corrected chi connectivity index (χ3v) is 3.00. The maximum absolute atomic E-state index is 11.5. The smallest absolute Gasteiger partial charge is 0.311 e. The summed E-state index contributed by atoms with van der Waals surface area (Å²) in [4.78, 5) is 24.6. The van der Waals surface area contributed by atoms with Crippen molar-refractivity contribution in [2.75, 3.05) is 31.1 Å². The average molecular weight is 247 g/mol. The van der Waals surface area contributed by atoms with Crippen molar-refractivity contribution in [2.45, 2.75) is 0 Å². The molecular formula is C8H13N3O2S2. The number of carbonyl (C=O) groups is 2. The summed E-state index contributed by atoms with van der Waals surface area (Å²) in [6, 6.07) is 0. The van der Waals surface area contributed by atoms with Gasteiger partial charge in [0.2, 0.25) is 0 Å². The molecule has 1 saturated heterocycles. The average Bonchev–Trinajstić information content (AvgIpc) is 2.26. The lowest BCUT2D eigenvalue weighted by Crippen LogP contribution is -2.47. The number of carbonyl (C=O) groups excluding carboxylic acids is 2. The fourth-order valence-electron chi connectivity index (χ4n) is 1.15. The summed E-state index contributed by atoms with van der Waals surface area (Å²) >= 11 is 6.37. The summed E-state index contributed by atoms with van der Waals surface area (Å²) in [5, 5.41) is 2.38. The summed E-state index contributed by atoms with van der Waals surface area (Å²) in [6.07, 6.45) is 0. The number of amides is 2. The SMILES string of the molecule is NC(=S)CNC(=O)C(=O)N1CCSCC1. The fourth-order valence-corrected chi connectivity index (χ4v) is 2.13. The van der Waals surface area contributed by atoms with Crippen LogP contribution in [0.2, 0.25) is 0 Å². The van der Waals surface area contributed by atoms with E-state index in [1.54, 1.807) is 16.7 Å². The number of hydrogen-bond donors (Lipinski definition) is 2. The van der Waals surface area contributed by atoms with E-state index < -0.39 is 11.8 Å². The third kappa shape index (κ3) is 4.05. The summed E-state index contributed by atoms with van der Waals surface area (Å²) < 4.78 is 0. The molecule has 3 N–H and O–H groups in total. The van der Waals surface area contributed by atoms with E-state index in [2.05, 4.69) is 17.5 Å². The molecule has 0 aromatic carbocycles. The van der Waals surface area contributed by atoms with Gasteiger partial charge in [-0.1, -0.05) is 12.2 Å². The second-order valence-corrected chi connectivity index (χ2v) is 4.80. The maximum atomic E-state index is 11.5. The number of thiocarbonyl (C=S) groups is 1. The molecule has 0 aliphatic carbocycles. The predicted octanol–water partition coefficient (Wildman–Crippen LogP) is -1.04. The highest BCUT2D eigenvalue weighted by atomic mass is 32.2. The monoisotopic (exact) mass is 247 g/mol. The Morgan fingerprint density at radius 3 is 2.53 bits per heavy atom. The third-order valence-electron chi connectivity index (χ3n) is 1.92. The van der Waals surface area contributed by atoms with Gasteiger partial charge >= 0.3 is 11.8 Å². The minimum absolute atomic E-state index is 0.0719. The molecule has 1 rings (SSSR count). The van der Waals surface area contributed by atoms with Crippen LogP contribution < -0.4 is 11.1 Å². The van der Waals surface area contributed by atoms with Crippen molar-refractivity contribution < 1.29 is 9.59 Å². The molecule has 0 aromatic heterocycles. The van der Waals surface area contributed by atoms with Crippen molar-refractivity contribution in [1.29, 1.82) is 0 Å². The van der Waals surface area contributed by atoms with Gasteiger partial charge in [-0.05, 0) is 0 Å². The molecule has 0 bridgehead atoms. The van der Waals surface area contributed by atoms with Gasteiger partial charge in [-0.3, -0.25) is 9.59 Å². The molecule has 7 heteroatoms. The van der Waals surface area contributed by atoms with Gasteiger partial charge in [-0.15, -0.1) is 0 Å². The van der Waals surface area contributed by atoms with Crippen LogP contribution in [0.5, 0.6) is 0 Å². The van der Waals surface area contributed by atoms with E-state index in [4.69, 9.17) is 5.73 Å². The van der Waals surface area contributed by atoms with Crippen LogP contribution in [0.1, 0.15) is 0 Å². The second-order valence-electron chi connectivity index (χ2n) is 3.05. The molecule has 2 amide bonds. The van der Waals surface area contributed by atoms with Crippen LogP contribution >= 0.6 is 24.0 Å². The molecule has 0 unspecified atom stereocenters. The molecule has 0 radical (unpaired) electrons. The minimum atomic E-state index is -0.630. The van der Waals surface area contributed by atoms with Gasteiger partial charge in [0.15, 0.2) is 0 Å². The zero-order valence-electron chi connectivity index (χ0n) is 8.19. The van der Waals surface area contributed by atoms with Gasteiger partial charge in [0.25, 0.3) is 0 Å². The van der Waals surface area contributed by atoms with Crippen molar-refractivity contribution in [3.8, 4) is 0 Å². The van der Waals surface area contributed by atoms with Gasteiger partial charge in [-0.25, -0.2) is 0 Å². The summed E-state index contributed by atoms with van der Waals surface area (Å²) in [7, 11) is 0. The highest BCUT2D eigenvalue weighted by Crippen LogP contribution is 2.08. The van der Waals surface area contributed by atoms with Gasteiger partial charge in [-0.2, -0.15) is 11.8 Å². The zero-order valence-corrected chi connectivity index (χ0v) is 9.83. The molecule has 1 fully saturated rings. The van der Waals surface area contributed by atoms with E-state index in [9.17, 15) is 9.59 Å². The Hall–Kier alpha value is -0.820. The summed E-state index contributed by atoms with van der Waals surface area (Å²) in [5.74, 6) is 0.643. The number of hydrogen-bond acceptors (Lipinski definition) is 4. The van der Waals surface area contributed by atoms with Crippen molar-refractivity contribution >= 4 is 40.8 Å².